The van der Waals surface area contributed by atoms with Gasteiger partial charge in [-0.3, -0.25) is 10.2 Å². The van der Waals surface area contributed by atoms with Gasteiger partial charge in [-0.25, -0.2) is 0 Å². The van der Waals surface area contributed by atoms with Crippen LogP contribution < -0.4 is 10.2 Å². The number of hydrogen-bond donors (Lipinski definition) is 4. The van der Waals surface area contributed by atoms with Crippen molar-refractivity contribution in [2.24, 2.45) is 0 Å². The van der Waals surface area contributed by atoms with Crippen molar-refractivity contribution >= 4 is 46.1 Å². The first-order chi connectivity index (χ1) is 20.8. The molecule has 0 bridgehead atoms. The van der Waals surface area contributed by atoms with Crippen LogP contribution in [-0.4, -0.2) is 34.0 Å². The molecule has 7 heteroatoms. The van der Waals surface area contributed by atoms with E-state index >= 15 is 0 Å². The highest BCUT2D eigenvalue weighted by Crippen LogP contribution is 2.38. The van der Waals surface area contributed by atoms with Gasteiger partial charge in [-0.15, -0.1) is 11.3 Å². The molecule has 0 fully saturated rings. The predicted molar refractivity (Wildman–Crippen MR) is 176 cm³/mol. The summed E-state index contributed by atoms with van der Waals surface area (Å²) >= 11 is 1.56. The Hall–Kier alpha value is -4.72. The average Bonchev–Trinajstić information content (AvgIpc) is 3.50. The van der Waals surface area contributed by atoms with Crippen molar-refractivity contribution < 1.29 is 15.0 Å². The molecule has 4 aromatic rings. The second kappa shape index (κ2) is 11.9. The van der Waals surface area contributed by atoms with E-state index in [0.717, 1.165) is 34.7 Å². The van der Waals surface area contributed by atoms with E-state index in [0.29, 0.717) is 11.3 Å². The number of rotatable bonds is 7. The zero-order valence-corrected chi connectivity index (χ0v) is 24.7. The first kappa shape index (κ1) is 28.4. The summed E-state index contributed by atoms with van der Waals surface area (Å²) < 4.78 is 0. The van der Waals surface area contributed by atoms with Crippen molar-refractivity contribution in [2.75, 3.05) is 16.8 Å². The molecule has 6 rings (SSSR count). The van der Waals surface area contributed by atoms with Crippen molar-refractivity contribution in [3.8, 4) is 10.4 Å². The second-order valence-electron chi connectivity index (χ2n) is 11.1. The molecule has 216 valence electrons. The van der Waals surface area contributed by atoms with E-state index in [1.54, 1.807) is 35.6 Å². The van der Waals surface area contributed by atoms with Gasteiger partial charge in [0.25, 0.3) is 5.91 Å². The highest BCUT2D eigenvalue weighted by molar-refractivity contribution is 7.16. The SMILES string of the molecule is CC1(O)CC=C(C(=N)/C(=C/c2ccc(-c3ccc4c(c3)CCCN4c3ccccc3)s2)C(=O)Nc2ccccc2)C=C1O. The lowest BCUT2D eigenvalue weighted by molar-refractivity contribution is -0.112. The Balaban J connectivity index is 1.31. The van der Waals surface area contributed by atoms with Gasteiger partial charge in [0.1, 0.15) is 11.4 Å². The van der Waals surface area contributed by atoms with Crippen LogP contribution in [0, 0.1) is 5.41 Å². The van der Waals surface area contributed by atoms with Crippen molar-refractivity contribution in [3.63, 3.8) is 0 Å². The first-order valence-corrected chi connectivity index (χ1v) is 15.2. The van der Waals surface area contributed by atoms with Crippen LogP contribution in [0.2, 0.25) is 0 Å². The molecule has 1 amide bonds. The smallest absolute Gasteiger partial charge is 0.257 e. The predicted octanol–water partition coefficient (Wildman–Crippen LogP) is 8.06. The minimum Gasteiger partial charge on any atom is -0.509 e. The number of thiophene rings is 1. The number of carbonyl (C=O) groups is 1. The zero-order valence-electron chi connectivity index (χ0n) is 23.9. The van der Waals surface area contributed by atoms with E-state index in [4.69, 9.17) is 5.41 Å². The topological polar surface area (TPSA) is 96.7 Å². The van der Waals surface area contributed by atoms with Crippen molar-refractivity contribution in [3.05, 3.63) is 130 Å². The van der Waals surface area contributed by atoms with Crippen LogP contribution in [-0.2, 0) is 11.2 Å². The Bertz CT molecular complexity index is 1770. The van der Waals surface area contributed by atoms with Gasteiger partial charge in [0.15, 0.2) is 0 Å². The first-order valence-electron chi connectivity index (χ1n) is 14.4. The van der Waals surface area contributed by atoms with E-state index in [-0.39, 0.29) is 23.5 Å². The number of nitrogens with one attached hydrogen (secondary N) is 2. The van der Waals surface area contributed by atoms with E-state index in [2.05, 4.69) is 58.7 Å². The molecule has 1 atom stereocenters. The lowest BCUT2D eigenvalue weighted by Crippen LogP contribution is -2.30. The Morgan fingerprint density at radius 1 is 1.02 bits per heavy atom. The van der Waals surface area contributed by atoms with Gasteiger partial charge in [0.2, 0.25) is 0 Å². The van der Waals surface area contributed by atoms with Crippen LogP contribution in [0.5, 0.6) is 0 Å². The third-order valence-corrected chi connectivity index (χ3v) is 8.94. The Kier molecular flexibility index (Phi) is 7.84. The highest BCUT2D eigenvalue weighted by atomic mass is 32.1. The molecular formula is C36H33N3O3S. The fraction of sp³-hybridized carbons (Fsp3) is 0.167. The number of aliphatic hydroxyl groups excluding tert-OH is 1. The van der Waals surface area contributed by atoms with Gasteiger partial charge in [-0.2, -0.15) is 0 Å². The summed E-state index contributed by atoms with van der Waals surface area (Å²) in [5, 5.41) is 32.5. The van der Waals surface area contributed by atoms with Crippen LogP contribution >= 0.6 is 11.3 Å². The quantitative estimate of drug-likeness (QED) is 0.130. The Morgan fingerprint density at radius 3 is 2.51 bits per heavy atom. The molecule has 3 aromatic carbocycles. The molecule has 0 spiro atoms. The summed E-state index contributed by atoms with van der Waals surface area (Å²) in [7, 11) is 0. The molecule has 1 aliphatic carbocycles. The molecule has 43 heavy (non-hydrogen) atoms. The number of aliphatic hydroxyl groups is 2. The maximum Gasteiger partial charge on any atom is 0.257 e. The van der Waals surface area contributed by atoms with Crippen LogP contribution in [0.3, 0.4) is 0 Å². The number of benzene rings is 3. The number of allylic oxidation sites excluding steroid dienone is 2. The molecule has 1 unspecified atom stereocenters. The van der Waals surface area contributed by atoms with Gasteiger partial charge < -0.3 is 20.4 Å². The van der Waals surface area contributed by atoms with E-state index < -0.39 is 11.5 Å². The summed E-state index contributed by atoms with van der Waals surface area (Å²) in [6.07, 6.45) is 7.01. The normalized spacial score (nSPS) is 18.4. The lowest BCUT2D eigenvalue weighted by atomic mass is 9.88. The minimum absolute atomic E-state index is 0.0276. The number of hydrogen-bond acceptors (Lipinski definition) is 6. The summed E-state index contributed by atoms with van der Waals surface area (Å²) in [5.41, 5.74) is 4.62. The Morgan fingerprint density at radius 2 is 1.77 bits per heavy atom. The Labute approximate surface area is 255 Å². The molecule has 0 saturated carbocycles. The number of amides is 1. The fourth-order valence-corrected chi connectivity index (χ4v) is 6.38. The number of carbonyl (C=O) groups excluding carboxylic acids is 1. The number of para-hydroxylation sites is 2. The number of anilines is 3. The van der Waals surface area contributed by atoms with Crippen LogP contribution in [0.1, 0.15) is 30.2 Å². The molecule has 0 radical (unpaired) electrons. The zero-order chi connectivity index (χ0) is 30.0. The average molecular weight is 588 g/mol. The summed E-state index contributed by atoms with van der Waals surface area (Å²) in [6.45, 7) is 2.51. The van der Waals surface area contributed by atoms with E-state index in [9.17, 15) is 15.0 Å². The monoisotopic (exact) mass is 587 g/mol. The van der Waals surface area contributed by atoms with Crippen LogP contribution in [0.25, 0.3) is 16.5 Å². The molecule has 0 saturated heterocycles. The number of nitrogens with zero attached hydrogens (tertiary/aromatic N) is 1. The van der Waals surface area contributed by atoms with Crippen molar-refractivity contribution in [2.45, 2.75) is 31.8 Å². The molecule has 6 nitrogen and oxygen atoms in total. The second-order valence-corrected chi connectivity index (χ2v) is 12.2. The summed E-state index contributed by atoms with van der Waals surface area (Å²) in [5.74, 6) is -0.652. The third-order valence-electron chi connectivity index (χ3n) is 7.86. The molecule has 1 aliphatic heterocycles. The maximum absolute atomic E-state index is 13.5. The number of fused-ring (bicyclic) bond motifs is 1. The molecule has 4 N–H and O–H groups in total. The van der Waals surface area contributed by atoms with Crippen molar-refractivity contribution in [1.82, 2.24) is 0 Å². The molecular weight excluding hydrogens is 554 g/mol. The van der Waals surface area contributed by atoms with Gasteiger partial charge in [-0.05, 0) is 97.1 Å². The van der Waals surface area contributed by atoms with E-state index in [1.165, 1.54) is 29.9 Å². The van der Waals surface area contributed by atoms with Gasteiger partial charge >= 0.3 is 0 Å². The summed E-state index contributed by atoms with van der Waals surface area (Å²) in [6, 6.07) is 30.2. The third kappa shape index (κ3) is 6.09. The highest BCUT2D eigenvalue weighted by Gasteiger charge is 2.30. The van der Waals surface area contributed by atoms with E-state index in [1.807, 2.05) is 30.3 Å². The number of aryl methyl sites for hydroxylation is 1. The van der Waals surface area contributed by atoms with Crippen molar-refractivity contribution in [1.29, 1.82) is 5.41 Å². The summed E-state index contributed by atoms with van der Waals surface area (Å²) in [4.78, 5) is 17.8. The molecule has 2 aliphatic rings. The molecule has 2 heterocycles. The molecule has 1 aromatic heterocycles. The standard InChI is InChI=1S/C36H33N3O3S/c1-36(42)19-18-26(22-33(36)40)34(37)30(35(41)38-27-10-4-2-5-11-27)23-29-15-17-32(43-29)25-14-16-31-24(21-25)9-8-20-39(31)28-12-6-3-7-13-28/h2-7,10-18,21-23,37,40,42H,8-9,19-20H2,1H3,(H,38,41)/b30-23-,37-34?. The maximum atomic E-state index is 13.5. The minimum atomic E-state index is -1.39. The van der Waals surface area contributed by atoms with Gasteiger partial charge in [0.05, 0.1) is 11.3 Å². The van der Waals surface area contributed by atoms with Crippen LogP contribution in [0.4, 0.5) is 17.1 Å². The van der Waals surface area contributed by atoms with Gasteiger partial charge in [0, 0.05) is 39.8 Å². The van der Waals surface area contributed by atoms with Crippen LogP contribution in [0.15, 0.2) is 120 Å². The lowest BCUT2D eigenvalue weighted by Gasteiger charge is -2.31. The fourth-order valence-electron chi connectivity index (χ4n) is 5.43. The largest absolute Gasteiger partial charge is 0.509 e. The van der Waals surface area contributed by atoms with Gasteiger partial charge in [-0.1, -0.05) is 48.5 Å².